The van der Waals surface area contributed by atoms with Crippen molar-refractivity contribution in [3.05, 3.63) is 24.2 Å². The van der Waals surface area contributed by atoms with Gasteiger partial charge in [0.05, 0.1) is 12.3 Å². The molecule has 0 radical (unpaired) electrons. The highest BCUT2D eigenvalue weighted by Gasteiger charge is 2.05. The van der Waals surface area contributed by atoms with Gasteiger partial charge in [-0.15, -0.1) is 0 Å². The molecular formula is C10H18N2O. The quantitative estimate of drug-likeness (QED) is 0.655. The van der Waals surface area contributed by atoms with Crippen LogP contribution in [0.4, 0.5) is 0 Å². The van der Waals surface area contributed by atoms with Crippen molar-refractivity contribution in [2.24, 2.45) is 0 Å². The van der Waals surface area contributed by atoms with Gasteiger partial charge in [0.2, 0.25) is 0 Å². The second kappa shape index (κ2) is 5.78. The molecule has 0 spiro atoms. The fourth-order valence-corrected chi connectivity index (χ4v) is 1.19. The third-order valence-corrected chi connectivity index (χ3v) is 1.97. The van der Waals surface area contributed by atoms with Gasteiger partial charge < -0.3 is 15.1 Å². The Morgan fingerprint density at radius 1 is 1.46 bits per heavy atom. The summed E-state index contributed by atoms with van der Waals surface area (Å²) in [5.74, 6) is 0.997. The molecule has 0 aromatic carbocycles. The van der Waals surface area contributed by atoms with Crippen LogP contribution >= 0.6 is 0 Å². The van der Waals surface area contributed by atoms with Crippen LogP contribution in [0.15, 0.2) is 22.8 Å². The lowest BCUT2D eigenvalue weighted by Crippen LogP contribution is -2.28. The number of rotatable bonds is 6. The zero-order valence-corrected chi connectivity index (χ0v) is 8.34. The second-order valence-electron chi connectivity index (χ2n) is 3.04. The Balaban J connectivity index is 2.15. The molecule has 0 saturated heterocycles. The van der Waals surface area contributed by atoms with Gasteiger partial charge in [0.25, 0.3) is 0 Å². The van der Waals surface area contributed by atoms with Crippen LogP contribution in [-0.2, 0) is 0 Å². The lowest BCUT2D eigenvalue weighted by atomic mass is 10.2. The van der Waals surface area contributed by atoms with Gasteiger partial charge in [0.1, 0.15) is 5.76 Å². The van der Waals surface area contributed by atoms with Gasteiger partial charge in [-0.3, -0.25) is 0 Å². The van der Waals surface area contributed by atoms with E-state index in [9.17, 15) is 0 Å². The number of furan rings is 1. The standard InChI is InChI=1S/C10H18N2O/c1-3-11-6-7-12-9(2)10-5-4-8-13-10/h4-5,8-9,11-12H,3,6-7H2,1-2H3. The minimum atomic E-state index is 0.300. The van der Waals surface area contributed by atoms with Crippen LogP contribution < -0.4 is 10.6 Å². The Morgan fingerprint density at radius 3 is 2.92 bits per heavy atom. The van der Waals surface area contributed by atoms with Crippen molar-refractivity contribution in [2.75, 3.05) is 19.6 Å². The molecule has 1 rings (SSSR count). The maximum atomic E-state index is 5.27. The Labute approximate surface area is 79.5 Å². The minimum Gasteiger partial charge on any atom is -0.468 e. The Kier molecular flexibility index (Phi) is 4.57. The molecule has 1 unspecified atom stereocenters. The van der Waals surface area contributed by atoms with Gasteiger partial charge in [0.15, 0.2) is 0 Å². The predicted octanol–water partition coefficient (Wildman–Crippen LogP) is 1.54. The van der Waals surface area contributed by atoms with Crippen LogP contribution in [0, 0.1) is 0 Å². The lowest BCUT2D eigenvalue weighted by molar-refractivity contribution is 0.429. The SMILES string of the molecule is CCNCCNC(C)c1ccco1. The van der Waals surface area contributed by atoms with E-state index in [2.05, 4.69) is 24.5 Å². The molecule has 13 heavy (non-hydrogen) atoms. The molecule has 0 amide bonds. The zero-order chi connectivity index (χ0) is 9.52. The fourth-order valence-electron chi connectivity index (χ4n) is 1.19. The van der Waals surface area contributed by atoms with Gasteiger partial charge in [-0.2, -0.15) is 0 Å². The van der Waals surface area contributed by atoms with Crippen LogP contribution in [-0.4, -0.2) is 19.6 Å². The molecule has 1 heterocycles. The summed E-state index contributed by atoms with van der Waals surface area (Å²) < 4.78 is 5.27. The number of likely N-dealkylation sites (N-methyl/N-ethyl adjacent to an activating group) is 1. The van der Waals surface area contributed by atoms with Crippen LogP contribution in [0.2, 0.25) is 0 Å². The van der Waals surface area contributed by atoms with E-state index in [1.54, 1.807) is 6.26 Å². The first-order valence-corrected chi connectivity index (χ1v) is 4.82. The van der Waals surface area contributed by atoms with Gasteiger partial charge >= 0.3 is 0 Å². The molecule has 74 valence electrons. The van der Waals surface area contributed by atoms with Crippen LogP contribution in [0.25, 0.3) is 0 Å². The first-order chi connectivity index (χ1) is 6.34. The molecule has 0 aliphatic rings. The highest BCUT2D eigenvalue weighted by Crippen LogP contribution is 2.11. The summed E-state index contributed by atoms with van der Waals surface area (Å²) in [6.45, 7) is 7.20. The second-order valence-corrected chi connectivity index (χ2v) is 3.04. The van der Waals surface area contributed by atoms with Crippen molar-refractivity contribution in [1.82, 2.24) is 10.6 Å². The van der Waals surface area contributed by atoms with Gasteiger partial charge in [0, 0.05) is 13.1 Å². The average Bonchev–Trinajstić information content (AvgIpc) is 2.65. The minimum absolute atomic E-state index is 0.300. The number of hydrogen-bond donors (Lipinski definition) is 2. The molecule has 1 atom stereocenters. The summed E-state index contributed by atoms with van der Waals surface area (Å²) in [6.07, 6.45) is 1.71. The molecule has 0 aliphatic carbocycles. The predicted molar refractivity (Wildman–Crippen MR) is 53.7 cm³/mol. The zero-order valence-electron chi connectivity index (χ0n) is 8.34. The van der Waals surface area contributed by atoms with E-state index in [0.29, 0.717) is 6.04 Å². The summed E-state index contributed by atoms with van der Waals surface area (Å²) in [4.78, 5) is 0. The van der Waals surface area contributed by atoms with Crippen LogP contribution in [0.5, 0.6) is 0 Å². The van der Waals surface area contributed by atoms with Crippen molar-refractivity contribution in [1.29, 1.82) is 0 Å². The van der Waals surface area contributed by atoms with Crippen molar-refractivity contribution in [3.63, 3.8) is 0 Å². The molecule has 0 fully saturated rings. The van der Waals surface area contributed by atoms with E-state index in [1.807, 2.05) is 12.1 Å². The van der Waals surface area contributed by atoms with E-state index in [4.69, 9.17) is 4.42 Å². The van der Waals surface area contributed by atoms with Crippen LogP contribution in [0.3, 0.4) is 0 Å². The third-order valence-electron chi connectivity index (χ3n) is 1.97. The van der Waals surface area contributed by atoms with E-state index in [-0.39, 0.29) is 0 Å². The van der Waals surface area contributed by atoms with Crippen LogP contribution in [0.1, 0.15) is 25.6 Å². The summed E-state index contributed by atoms with van der Waals surface area (Å²) in [5, 5.41) is 6.62. The topological polar surface area (TPSA) is 37.2 Å². The lowest BCUT2D eigenvalue weighted by Gasteiger charge is -2.10. The van der Waals surface area contributed by atoms with Crippen molar-refractivity contribution in [3.8, 4) is 0 Å². The highest BCUT2D eigenvalue weighted by molar-refractivity contribution is 5.02. The summed E-state index contributed by atoms with van der Waals surface area (Å²) >= 11 is 0. The molecule has 0 aliphatic heterocycles. The first-order valence-electron chi connectivity index (χ1n) is 4.82. The van der Waals surface area contributed by atoms with Crippen molar-refractivity contribution < 1.29 is 4.42 Å². The van der Waals surface area contributed by atoms with E-state index < -0.39 is 0 Å². The normalized spacial score (nSPS) is 13.1. The van der Waals surface area contributed by atoms with Crippen molar-refractivity contribution in [2.45, 2.75) is 19.9 Å². The van der Waals surface area contributed by atoms with Crippen molar-refractivity contribution >= 4 is 0 Å². The number of hydrogen-bond acceptors (Lipinski definition) is 3. The Hall–Kier alpha value is -0.800. The molecular weight excluding hydrogens is 164 g/mol. The Bertz CT molecular complexity index is 209. The molecule has 2 N–H and O–H groups in total. The molecule has 1 aromatic rings. The maximum absolute atomic E-state index is 5.27. The molecule has 0 saturated carbocycles. The molecule has 0 bridgehead atoms. The third kappa shape index (κ3) is 3.61. The molecule has 1 aromatic heterocycles. The summed E-state index contributed by atoms with van der Waals surface area (Å²) in [7, 11) is 0. The van der Waals surface area contributed by atoms with E-state index >= 15 is 0 Å². The smallest absolute Gasteiger partial charge is 0.120 e. The molecule has 3 heteroatoms. The van der Waals surface area contributed by atoms with Gasteiger partial charge in [-0.05, 0) is 25.6 Å². The largest absolute Gasteiger partial charge is 0.468 e. The van der Waals surface area contributed by atoms with E-state index in [0.717, 1.165) is 25.4 Å². The highest BCUT2D eigenvalue weighted by atomic mass is 16.3. The Morgan fingerprint density at radius 2 is 2.31 bits per heavy atom. The molecule has 3 nitrogen and oxygen atoms in total. The van der Waals surface area contributed by atoms with Gasteiger partial charge in [-0.1, -0.05) is 6.92 Å². The first kappa shape index (κ1) is 10.3. The van der Waals surface area contributed by atoms with E-state index in [1.165, 1.54) is 0 Å². The number of nitrogens with one attached hydrogen (secondary N) is 2. The monoisotopic (exact) mass is 182 g/mol. The van der Waals surface area contributed by atoms with Gasteiger partial charge in [-0.25, -0.2) is 0 Å². The fraction of sp³-hybridized carbons (Fsp3) is 0.600. The average molecular weight is 182 g/mol. The summed E-state index contributed by atoms with van der Waals surface area (Å²) in [6, 6.07) is 4.21. The maximum Gasteiger partial charge on any atom is 0.120 e. The summed E-state index contributed by atoms with van der Waals surface area (Å²) in [5.41, 5.74) is 0.